The van der Waals surface area contributed by atoms with E-state index in [4.69, 9.17) is 4.74 Å². The fourth-order valence-corrected chi connectivity index (χ4v) is 5.44. The first kappa shape index (κ1) is 27.1. The summed E-state index contributed by atoms with van der Waals surface area (Å²) in [4.78, 5) is 0. The summed E-state index contributed by atoms with van der Waals surface area (Å²) in [6, 6.07) is 0. The standard InChI is InChI=1S/C30H52O2/c1-21(2)13-11-15-23(4)17-12-16-22(3)14-9-10-19-30(8)20-18-27-26(7)28(31)24(5)25(6)29(27)32-30/h21-23,31H,9-20H2,1-8H3. The van der Waals surface area contributed by atoms with Crippen molar-refractivity contribution >= 4 is 0 Å². The van der Waals surface area contributed by atoms with Gasteiger partial charge in [-0.05, 0) is 87.8 Å². The monoisotopic (exact) mass is 444 g/mol. The van der Waals surface area contributed by atoms with Crippen LogP contribution in [0.2, 0.25) is 0 Å². The predicted octanol–water partition coefficient (Wildman–Crippen LogP) is 9.23. The fourth-order valence-electron chi connectivity index (χ4n) is 5.44. The summed E-state index contributed by atoms with van der Waals surface area (Å²) < 4.78 is 6.60. The van der Waals surface area contributed by atoms with E-state index >= 15 is 0 Å². The number of fused-ring (bicyclic) bond motifs is 1. The molecule has 1 heterocycles. The predicted molar refractivity (Wildman–Crippen MR) is 139 cm³/mol. The number of benzene rings is 1. The molecule has 0 amide bonds. The zero-order chi connectivity index (χ0) is 23.9. The smallest absolute Gasteiger partial charge is 0.127 e. The molecular weight excluding hydrogens is 392 g/mol. The minimum Gasteiger partial charge on any atom is -0.507 e. The molecule has 0 fully saturated rings. The summed E-state index contributed by atoms with van der Waals surface area (Å²) in [6.45, 7) is 18.0. The van der Waals surface area contributed by atoms with Gasteiger partial charge in [0.2, 0.25) is 0 Å². The highest BCUT2D eigenvalue weighted by atomic mass is 16.5. The van der Waals surface area contributed by atoms with E-state index in [0.717, 1.165) is 59.5 Å². The third-order valence-electron chi connectivity index (χ3n) is 8.12. The summed E-state index contributed by atoms with van der Waals surface area (Å²) >= 11 is 0. The first-order chi connectivity index (χ1) is 15.0. The second-order valence-corrected chi connectivity index (χ2v) is 11.8. The van der Waals surface area contributed by atoms with Crippen LogP contribution in [-0.4, -0.2) is 10.7 Å². The fraction of sp³-hybridized carbons (Fsp3) is 0.800. The lowest BCUT2D eigenvalue weighted by Gasteiger charge is -2.38. The normalized spacial score (nSPS) is 20.2. The Hall–Kier alpha value is -1.18. The average Bonchev–Trinajstić information content (AvgIpc) is 2.73. The molecule has 0 aliphatic carbocycles. The lowest BCUT2D eigenvalue weighted by molar-refractivity contribution is 0.0519. The topological polar surface area (TPSA) is 29.5 Å². The molecule has 2 nitrogen and oxygen atoms in total. The molecule has 0 bridgehead atoms. The van der Waals surface area contributed by atoms with Crippen LogP contribution in [0.15, 0.2) is 0 Å². The average molecular weight is 445 g/mol. The van der Waals surface area contributed by atoms with E-state index in [1.165, 1.54) is 63.4 Å². The van der Waals surface area contributed by atoms with Gasteiger partial charge in [-0.2, -0.15) is 0 Å². The largest absolute Gasteiger partial charge is 0.507 e. The number of rotatable bonds is 13. The lowest BCUT2D eigenvalue weighted by Crippen LogP contribution is -2.37. The van der Waals surface area contributed by atoms with E-state index in [-0.39, 0.29) is 5.60 Å². The van der Waals surface area contributed by atoms with Crippen LogP contribution in [0.5, 0.6) is 11.5 Å². The van der Waals surface area contributed by atoms with Gasteiger partial charge in [-0.1, -0.05) is 79.1 Å². The van der Waals surface area contributed by atoms with Crippen molar-refractivity contribution in [2.45, 2.75) is 138 Å². The van der Waals surface area contributed by atoms with Gasteiger partial charge in [0.15, 0.2) is 0 Å². The van der Waals surface area contributed by atoms with Gasteiger partial charge in [0, 0.05) is 5.56 Å². The van der Waals surface area contributed by atoms with Crippen molar-refractivity contribution in [2.24, 2.45) is 17.8 Å². The molecule has 32 heavy (non-hydrogen) atoms. The Morgan fingerprint density at radius 2 is 1.34 bits per heavy atom. The Balaban J connectivity index is 1.69. The third-order valence-corrected chi connectivity index (χ3v) is 8.12. The van der Waals surface area contributed by atoms with Crippen LogP contribution >= 0.6 is 0 Å². The maximum Gasteiger partial charge on any atom is 0.127 e. The summed E-state index contributed by atoms with van der Waals surface area (Å²) in [5.41, 5.74) is 4.24. The molecule has 1 aliphatic heterocycles. The van der Waals surface area contributed by atoms with Crippen molar-refractivity contribution in [1.82, 2.24) is 0 Å². The number of hydrogen-bond donors (Lipinski definition) is 1. The Bertz CT molecular complexity index is 720. The van der Waals surface area contributed by atoms with E-state index in [9.17, 15) is 5.11 Å². The Labute approximate surface area is 199 Å². The van der Waals surface area contributed by atoms with Gasteiger partial charge in [-0.15, -0.1) is 0 Å². The maximum absolute atomic E-state index is 10.4. The number of phenols is 1. The number of aromatic hydroxyl groups is 1. The molecule has 0 aromatic heterocycles. The molecule has 1 aromatic rings. The SMILES string of the molecule is Cc1c(C)c2c(c(C)c1O)CCC(C)(CCCCC(C)CCCC(C)CCCC(C)C)O2. The van der Waals surface area contributed by atoms with Gasteiger partial charge in [-0.25, -0.2) is 0 Å². The molecule has 3 atom stereocenters. The van der Waals surface area contributed by atoms with E-state index in [1.807, 2.05) is 13.8 Å². The molecule has 2 heteroatoms. The molecule has 0 radical (unpaired) electrons. The zero-order valence-corrected chi connectivity index (χ0v) is 22.6. The first-order valence-electron chi connectivity index (χ1n) is 13.5. The van der Waals surface area contributed by atoms with E-state index in [2.05, 4.69) is 41.5 Å². The van der Waals surface area contributed by atoms with Crippen LogP contribution in [-0.2, 0) is 6.42 Å². The Morgan fingerprint density at radius 3 is 1.94 bits per heavy atom. The molecule has 1 aromatic carbocycles. The lowest BCUT2D eigenvalue weighted by atomic mass is 9.84. The maximum atomic E-state index is 10.4. The number of hydrogen-bond acceptors (Lipinski definition) is 2. The highest BCUT2D eigenvalue weighted by Crippen LogP contribution is 2.44. The summed E-state index contributed by atoms with van der Waals surface area (Å²) in [5, 5.41) is 10.4. The Morgan fingerprint density at radius 1 is 0.781 bits per heavy atom. The van der Waals surface area contributed by atoms with E-state index in [1.54, 1.807) is 0 Å². The molecule has 3 unspecified atom stereocenters. The van der Waals surface area contributed by atoms with Crippen molar-refractivity contribution in [2.75, 3.05) is 0 Å². The minimum absolute atomic E-state index is 0.0672. The molecular formula is C30H52O2. The zero-order valence-electron chi connectivity index (χ0n) is 22.6. The van der Waals surface area contributed by atoms with Gasteiger partial charge in [0.1, 0.15) is 17.1 Å². The van der Waals surface area contributed by atoms with Crippen LogP contribution in [0.3, 0.4) is 0 Å². The van der Waals surface area contributed by atoms with Gasteiger partial charge in [-0.3, -0.25) is 0 Å². The van der Waals surface area contributed by atoms with Crippen molar-refractivity contribution in [1.29, 1.82) is 0 Å². The Kier molecular flexibility index (Phi) is 10.4. The van der Waals surface area contributed by atoms with Crippen LogP contribution in [0.1, 0.15) is 128 Å². The summed E-state index contributed by atoms with van der Waals surface area (Å²) in [6.07, 6.45) is 15.5. The molecule has 2 rings (SSSR count). The quantitative estimate of drug-likeness (QED) is 0.307. The number of ether oxygens (including phenoxy) is 1. The van der Waals surface area contributed by atoms with Gasteiger partial charge in [0.05, 0.1) is 0 Å². The van der Waals surface area contributed by atoms with Gasteiger partial charge in [0.25, 0.3) is 0 Å². The third kappa shape index (κ3) is 7.70. The highest BCUT2D eigenvalue weighted by Gasteiger charge is 2.34. The second kappa shape index (κ2) is 12.3. The first-order valence-corrected chi connectivity index (χ1v) is 13.5. The van der Waals surface area contributed by atoms with E-state index in [0.29, 0.717) is 5.75 Å². The van der Waals surface area contributed by atoms with Gasteiger partial charge >= 0.3 is 0 Å². The van der Waals surface area contributed by atoms with Crippen LogP contribution in [0, 0.1) is 38.5 Å². The number of phenolic OH excluding ortho intramolecular Hbond substituents is 1. The summed E-state index contributed by atoms with van der Waals surface area (Å²) in [5.74, 6) is 4.08. The van der Waals surface area contributed by atoms with Crippen LogP contribution < -0.4 is 4.74 Å². The molecule has 0 saturated carbocycles. The van der Waals surface area contributed by atoms with Crippen molar-refractivity contribution in [3.63, 3.8) is 0 Å². The van der Waals surface area contributed by atoms with Crippen molar-refractivity contribution in [3.8, 4) is 11.5 Å². The summed E-state index contributed by atoms with van der Waals surface area (Å²) in [7, 11) is 0. The molecule has 0 saturated heterocycles. The van der Waals surface area contributed by atoms with E-state index < -0.39 is 0 Å². The van der Waals surface area contributed by atoms with Crippen molar-refractivity contribution in [3.05, 3.63) is 22.3 Å². The molecule has 0 spiro atoms. The van der Waals surface area contributed by atoms with Crippen molar-refractivity contribution < 1.29 is 9.84 Å². The van der Waals surface area contributed by atoms with Crippen LogP contribution in [0.25, 0.3) is 0 Å². The number of unbranched alkanes of at least 4 members (excludes halogenated alkanes) is 1. The van der Waals surface area contributed by atoms with Crippen LogP contribution in [0.4, 0.5) is 0 Å². The molecule has 1 N–H and O–H groups in total. The minimum atomic E-state index is -0.0672. The highest BCUT2D eigenvalue weighted by molar-refractivity contribution is 5.58. The molecule has 1 aliphatic rings. The second-order valence-electron chi connectivity index (χ2n) is 11.8. The van der Waals surface area contributed by atoms with Gasteiger partial charge < -0.3 is 9.84 Å². The molecule has 184 valence electrons.